The first-order valence-electron chi connectivity index (χ1n) is 9.68. The Morgan fingerprint density at radius 2 is 1.89 bits per heavy atom. The van der Waals surface area contributed by atoms with E-state index in [0.29, 0.717) is 26.3 Å². The summed E-state index contributed by atoms with van der Waals surface area (Å²) in [6.45, 7) is 7.03. The second-order valence-electron chi connectivity index (χ2n) is 7.24. The number of nitrogens with one attached hydrogen (secondary N) is 1. The lowest BCUT2D eigenvalue weighted by molar-refractivity contribution is 0.0119. The van der Waals surface area contributed by atoms with Crippen molar-refractivity contribution in [2.45, 2.75) is 25.9 Å². The monoisotopic (exact) mass is 369 g/mol. The van der Waals surface area contributed by atoms with Crippen LogP contribution in [0.2, 0.25) is 0 Å². The Bertz CT molecular complexity index is 782. The van der Waals surface area contributed by atoms with E-state index in [2.05, 4.69) is 28.4 Å². The summed E-state index contributed by atoms with van der Waals surface area (Å²) in [5, 5.41) is 3.13. The minimum atomic E-state index is -0.00830. The number of aryl methyl sites for hydroxylation is 1. The van der Waals surface area contributed by atoms with Crippen LogP contribution in [-0.4, -0.2) is 55.2 Å². The third-order valence-electron chi connectivity index (χ3n) is 5.44. The zero-order valence-corrected chi connectivity index (χ0v) is 15.8. The Morgan fingerprint density at radius 1 is 1.11 bits per heavy atom. The number of morpholine rings is 1. The fourth-order valence-electron chi connectivity index (χ4n) is 3.90. The quantitative estimate of drug-likeness (QED) is 0.900. The molecule has 0 saturated carbocycles. The highest BCUT2D eigenvalue weighted by atomic mass is 16.5. The van der Waals surface area contributed by atoms with Crippen LogP contribution in [0.15, 0.2) is 40.8 Å². The molecule has 2 aliphatic heterocycles. The number of ether oxygens (including phenoxy) is 1. The van der Waals surface area contributed by atoms with Gasteiger partial charge in [-0.25, -0.2) is 4.79 Å². The van der Waals surface area contributed by atoms with Gasteiger partial charge in [0, 0.05) is 32.7 Å². The highest BCUT2D eigenvalue weighted by Crippen LogP contribution is 2.24. The molecule has 6 nitrogen and oxygen atoms in total. The lowest BCUT2D eigenvalue weighted by atomic mass is 10.0. The SMILES string of the molecule is Cc1ccc([C@H](CNC(=O)N2CCc3ccccc3C2)N2CCOCC2)o1. The van der Waals surface area contributed by atoms with Crippen LogP contribution >= 0.6 is 0 Å². The summed E-state index contributed by atoms with van der Waals surface area (Å²) in [7, 11) is 0. The molecule has 2 amide bonds. The third-order valence-corrected chi connectivity index (χ3v) is 5.44. The van der Waals surface area contributed by atoms with Crippen LogP contribution in [0.5, 0.6) is 0 Å². The summed E-state index contributed by atoms with van der Waals surface area (Å²) in [6, 6.07) is 12.4. The fraction of sp³-hybridized carbons (Fsp3) is 0.476. The molecule has 1 fully saturated rings. The van der Waals surface area contributed by atoms with Crippen molar-refractivity contribution in [1.29, 1.82) is 0 Å². The van der Waals surface area contributed by atoms with E-state index in [0.717, 1.165) is 37.6 Å². The van der Waals surface area contributed by atoms with E-state index in [4.69, 9.17) is 9.15 Å². The number of carbonyl (C=O) groups is 1. The minimum absolute atomic E-state index is 0.00830. The molecule has 6 heteroatoms. The van der Waals surface area contributed by atoms with Gasteiger partial charge in [-0.15, -0.1) is 0 Å². The molecule has 2 aliphatic rings. The maximum atomic E-state index is 12.8. The highest BCUT2D eigenvalue weighted by molar-refractivity contribution is 5.74. The summed E-state index contributed by atoms with van der Waals surface area (Å²) < 4.78 is 11.4. The van der Waals surface area contributed by atoms with Crippen LogP contribution in [0.3, 0.4) is 0 Å². The molecule has 4 rings (SSSR count). The lowest BCUT2D eigenvalue weighted by Crippen LogP contribution is -2.47. The molecule has 0 radical (unpaired) electrons. The number of fused-ring (bicyclic) bond motifs is 1. The van der Waals surface area contributed by atoms with Crippen LogP contribution in [0, 0.1) is 6.92 Å². The number of urea groups is 1. The second kappa shape index (κ2) is 8.15. The van der Waals surface area contributed by atoms with E-state index in [1.807, 2.05) is 30.0 Å². The van der Waals surface area contributed by atoms with Gasteiger partial charge in [-0.1, -0.05) is 24.3 Å². The lowest BCUT2D eigenvalue weighted by Gasteiger charge is -2.34. The van der Waals surface area contributed by atoms with E-state index in [1.165, 1.54) is 11.1 Å². The molecule has 1 atom stereocenters. The fourth-order valence-corrected chi connectivity index (χ4v) is 3.90. The molecule has 1 aromatic heterocycles. The molecular formula is C21H27N3O3. The van der Waals surface area contributed by atoms with E-state index >= 15 is 0 Å². The number of rotatable bonds is 4. The van der Waals surface area contributed by atoms with Crippen molar-refractivity contribution in [1.82, 2.24) is 15.1 Å². The normalized spacial score (nSPS) is 18.8. The van der Waals surface area contributed by atoms with Crippen LogP contribution in [0.1, 0.15) is 28.7 Å². The van der Waals surface area contributed by atoms with Gasteiger partial charge in [-0.05, 0) is 36.6 Å². The van der Waals surface area contributed by atoms with Gasteiger partial charge < -0.3 is 19.4 Å². The average Bonchev–Trinajstić information content (AvgIpc) is 3.14. The standard InChI is InChI=1S/C21H27N3O3/c1-16-6-7-20(27-16)19(23-10-12-26-13-11-23)14-22-21(25)24-9-8-17-4-2-3-5-18(17)15-24/h2-7,19H,8-15H2,1H3,(H,22,25)/t19-/m0/s1. The number of hydrogen-bond donors (Lipinski definition) is 1. The average molecular weight is 369 g/mol. The molecule has 3 heterocycles. The first kappa shape index (κ1) is 18.1. The molecule has 0 spiro atoms. The maximum Gasteiger partial charge on any atom is 0.317 e. The Hall–Kier alpha value is -2.31. The van der Waals surface area contributed by atoms with E-state index in [-0.39, 0.29) is 12.1 Å². The number of hydrogen-bond acceptors (Lipinski definition) is 4. The number of carbonyl (C=O) groups excluding carboxylic acids is 1. The van der Waals surface area contributed by atoms with E-state index in [9.17, 15) is 4.79 Å². The number of nitrogens with zero attached hydrogens (tertiary/aromatic N) is 2. The van der Waals surface area contributed by atoms with Crippen molar-refractivity contribution >= 4 is 6.03 Å². The zero-order chi connectivity index (χ0) is 18.6. The van der Waals surface area contributed by atoms with Gasteiger partial charge in [-0.3, -0.25) is 4.90 Å². The van der Waals surface area contributed by atoms with Gasteiger partial charge in [0.15, 0.2) is 0 Å². The Balaban J connectivity index is 1.40. The van der Waals surface area contributed by atoms with Gasteiger partial charge in [0.1, 0.15) is 11.5 Å². The first-order chi connectivity index (χ1) is 13.2. The van der Waals surface area contributed by atoms with Crippen molar-refractivity contribution in [2.75, 3.05) is 39.4 Å². The summed E-state index contributed by atoms with van der Waals surface area (Å²) in [4.78, 5) is 17.0. The van der Waals surface area contributed by atoms with Crippen LogP contribution in [0.4, 0.5) is 4.79 Å². The third kappa shape index (κ3) is 4.17. The Kier molecular flexibility index (Phi) is 5.45. The summed E-state index contributed by atoms with van der Waals surface area (Å²) in [5.41, 5.74) is 2.59. The Morgan fingerprint density at radius 3 is 2.63 bits per heavy atom. The van der Waals surface area contributed by atoms with E-state index in [1.54, 1.807) is 0 Å². The predicted molar refractivity (Wildman–Crippen MR) is 103 cm³/mol. The molecule has 0 bridgehead atoms. The molecular weight excluding hydrogens is 342 g/mol. The summed E-state index contributed by atoms with van der Waals surface area (Å²) >= 11 is 0. The topological polar surface area (TPSA) is 58.0 Å². The largest absolute Gasteiger partial charge is 0.465 e. The number of furan rings is 1. The van der Waals surface area contributed by atoms with Crippen molar-refractivity contribution in [2.24, 2.45) is 0 Å². The van der Waals surface area contributed by atoms with E-state index < -0.39 is 0 Å². The van der Waals surface area contributed by atoms with Gasteiger partial charge in [0.25, 0.3) is 0 Å². The number of benzene rings is 1. The second-order valence-corrected chi connectivity index (χ2v) is 7.24. The van der Waals surface area contributed by atoms with Crippen LogP contribution < -0.4 is 5.32 Å². The summed E-state index contributed by atoms with van der Waals surface area (Å²) in [5.74, 6) is 1.79. The zero-order valence-electron chi connectivity index (χ0n) is 15.8. The van der Waals surface area contributed by atoms with Crippen molar-refractivity contribution in [3.63, 3.8) is 0 Å². The van der Waals surface area contributed by atoms with Crippen molar-refractivity contribution < 1.29 is 13.9 Å². The smallest absolute Gasteiger partial charge is 0.317 e. The highest BCUT2D eigenvalue weighted by Gasteiger charge is 2.27. The molecule has 2 aromatic rings. The van der Waals surface area contributed by atoms with Gasteiger partial charge in [0.2, 0.25) is 0 Å². The number of amides is 2. The van der Waals surface area contributed by atoms with Crippen LogP contribution in [0.25, 0.3) is 0 Å². The maximum absolute atomic E-state index is 12.8. The molecule has 1 aromatic carbocycles. The minimum Gasteiger partial charge on any atom is -0.465 e. The predicted octanol–water partition coefficient (Wildman–Crippen LogP) is 2.73. The van der Waals surface area contributed by atoms with Crippen molar-refractivity contribution in [3.05, 3.63) is 59.0 Å². The molecule has 0 aliphatic carbocycles. The molecule has 27 heavy (non-hydrogen) atoms. The van der Waals surface area contributed by atoms with Gasteiger partial charge in [0.05, 0.1) is 19.3 Å². The first-order valence-corrected chi connectivity index (χ1v) is 9.68. The molecule has 144 valence electrons. The van der Waals surface area contributed by atoms with Crippen molar-refractivity contribution in [3.8, 4) is 0 Å². The summed E-state index contributed by atoms with van der Waals surface area (Å²) in [6.07, 6.45) is 0.911. The van der Waals surface area contributed by atoms with Gasteiger partial charge in [-0.2, -0.15) is 0 Å². The molecule has 1 saturated heterocycles. The van der Waals surface area contributed by atoms with Gasteiger partial charge >= 0.3 is 6.03 Å². The molecule has 0 unspecified atom stereocenters. The Labute approximate surface area is 160 Å². The molecule has 1 N–H and O–H groups in total. The van der Waals surface area contributed by atoms with Crippen LogP contribution in [-0.2, 0) is 17.7 Å².